The lowest BCUT2D eigenvalue weighted by atomic mass is 9.91. The summed E-state index contributed by atoms with van der Waals surface area (Å²) in [4.78, 5) is 43.7. The molecule has 0 atom stereocenters. The van der Waals surface area contributed by atoms with E-state index < -0.39 is 0 Å². The van der Waals surface area contributed by atoms with Crippen LogP contribution in [-0.2, 0) is 18.8 Å². The minimum atomic E-state index is -0.350. The van der Waals surface area contributed by atoms with Gasteiger partial charge in [-0.2, -0.15) is 0 Å². The summed E-state index contributed by atoms with van der Waals surface area (Å²) in [7, 11) is 5.16. The van der Waals surface area contributed by atoms with Crippen molar-refractivity contribution in [1.29, 1.82) is 0 Å². The molecule has 1 aromatic heterocycles. The number of nitrogens with zero attached hydrogens (tertiary/aromatic N) is 4. The number of methoxy groups -OCH3 is 1. The van der Waals surface area contributed by atoms with Crippen molar-refractivity contribution in [3.05, 3.63) is 69.6 Å². The molecule has 0 unspecified atom stereocenters. The number of hydrogen-bond donors (Lipinski definition) is 0. The molecule has 8 heteroatoms. The lowest BCUT2D eigenvalue weighted by Crippen LogP contribution is -2.41. The summed E-state index contributed by atoms with van der Waals surface area (Å²) in [6.45, 7) is 3.58. The molecule has 0 saturated carbocycles. The Morgan fingerprint density at radius 1 is 0.833 bits per heavy atom. The first-order valence-electron chi connectivity index (χ1n) is 12.2. The van der Waals surface area contributed by atoms with Gasteiger partial charge in [-0.15, -0.1) is 0 Å². The fraction of sp³-hybridized carbons (Fsp3) is 0.321. The zero-order chi connectivity index (χ0) is 25.3. The number of aromatic nitrogens is 2. The van der Waals surface area contributed by atoms with Crippen LogP contribution in [0.3, 0.4) is 0 Å². The highest BCUT2D eigenvalue weighted by Gasteiger charge is 2.36. The molecule has 3 heterocycles. The maximum Gasteiger partial charge on any atom is 0.328 e. The second-order valence-corrected chi connectivity index (χ2v) is 9.76. The predicted molar refractivity (Wildman–Crippen MR) is 140 cm³/mol. The lowest BCUT2D eigenvalue weighted by molar-refractivity contribution is 0.0819. The number of aryl methyl sites for hydroxylation is 3. The molecule has 8 nitrogen and oxygen atoms in total. The zero-order valence-corrected chi connectivity index (χ0v) is 20.9. The minimum absolute atomic E-state index is 0.157. The molecule has 184 valence electrons. The quantitative estimate of drug-likeness (QED) is 0.414. The Bertz CT molecular complexity index is 1620. The molecule has 0 N–H and O–H groups in total. The van der Waals surface area contributed by atoms with Crippen LogP contribution in [0.25, 0.3) is 21.8 Å². The van der Waals surface area contributed by atoms with E-state index in [1.54, 1.807) is 37.9 Å². The smallest absolute Gasteiger partial charge is 0.328 e. The van der Waals surface area contributed by atoms with Crippen molar-refractivity contribution in [2.75, 3.05) is 30.0 Å². The monoisotopic (exact) mass is 484 g/mol. The van der Waals surface area contributed by atoms with Crippen molar-refractivity contribution in [3.63, 3.8) is 0 Å². The van der Waals surface area contributed by atoms with E-state index >= 15 is 0 Å². The molecular weight excluding hydrogens is 456 g/mol. The second-order valence-electron chi connectivity index (χ2n) is 9.76. The molecule has 0 aliphatic carbocycles. The van der Waals surface area contributed by atoms with Gasteiger partial charge in [0.15, 0.2) is 0 Å². The van der Waals surface area contributed by atoms with Gasteiger partial charge in [-0.25, -0.2) is 9.69 Å². The van der Waals surface area contributed by atoms with Gasteiger partial charge < -0.3 is 9.64 Å². The number of fused-ring (bicyclic) bond motifs is 1. The number of imidazole rings is 1. The van der Waals surface area contributed by atoms with Gasteiger partial charge in [0, 0.05) is 61.9 Å². The van der Waals surface area contributed by atoms with E-state index in [0.29, 0.717) is 27.7 Å². The van der Waals surface area contributed by atoms with Gasteiger partial charge in [0.25, 0.3) is 11.8 Å². The fourth-order valence-corrected chi connectivity index (χ4v) is 5.79. The van der Waals surface area contributed by atoms with Crippen molar-refractivity contribution in [2.24, 2.45) is 14.1 Å². The van der Waals surface area contributed by atoms with Crippen molar-refractivity contribution in [2.45, 2.75) is 25.9 Å². The van der Waals surface area contributed by atoms with Crippen LogP contribution in [0, 0.1) is 6.92 Å². The largest absolute Gasteiger partial charge is 0.381 e. The number of ether oxygens (including phenoxy) is 1. The number of amides is 2. The summed E-state index contributed by atoms with van der Waals surface area (Å²) in [5.74, 6) is -0.701. The van der Waals surface area contributed by atoms with Gasteiger partial charge in [0.2, 0.25) is 0 Å². The van der Waals surface area contributed by atoms with Crippen LogP contribution in [0.15, 0.2) is 47.3 Å². The van der Waals surface area contributed by atoms with Crippen molar-refractivity contribution < 1.29 is 14.3 Å². The van der Waals surface area contributed by atoms with Gasteiger partial charge in [-0.1, -0.05) is 12.1 Å². The Morgan fingerprint density at radius 3 is 2.14 bits per heavy atom. The number of benzene rings is 3. The van der Waals surface area contributed by atoms with E-state index in [4.69, 9.17) is 4.74 Å². The van der Waals surface area contributed by atoms with E-state index in [1.807, 2.05) is 37.3 Å². The standard InChI is InChI=1S/C28H28N4O4/c1-16-14-23-24(30(3)28(35)29(23)2)15-22(16)32-26(33)19-7-5-6-18-21(9-8-20(25(18)19)27(32)34)31-12-10-17(36-4)11-13-31/h5-9,14-15,17H,10-13H2,1-4H3. The fourth-order valence-electron chi connectivity index (χ4n) is 5.79. The number of carbonyl (C=O) groups is 2. The average molecular weight is 485 g/mol. The van der Waals surface area contributed by atoms with E-state index in [2.05, 4.69) is 4.90 Å². The Labute approximate surface area is 208 Å². The zero-order valence-electron chi connectivity index (χ0n) is 20.9. The molecule has 2 aliphatic heterocycles. The summed E-state index contributed by atoms with van der Waals surface area (Å²) in [6, 6.07) is 13.1. The molecule has 0 radical (unpaired) electrons. The SMILES string of the molecule is COC1CCN(c2ccc3c4c(cccc24)C(=O)N(c2cc4c(cc2C)n(C)c(=O)n4C)C3=O)CC1. The molecule has 2 aliphatic rings. The summed E-state index contributed by atoms with van der Waals surface area (Å²) in [5.41, 5.74) is 4.57. The molecule has 1 saturated heterocycles. The Kier molecular flexibility index (Phi) is 5.05. The third-order valence-electron chi connectivity index (χ3n) is 7.83. The van der Waals surface area contributed by atoms with E-state index in [9.17, 15) is 14.4 Å². The predicted octanol–water partition coefficient (Wildman–Crippen LogP) is 3.75. The van der Waals surface area contributed by atoms with Gasteiger partial charge in [0.05, 0.1) is 22.8 Å². The number of hydrogen-bond acceptors (Lipinski definition) is 5. The van der Waals surface area contributed by atoms with Crippen LogP contribution in [0.1, 0.15) is 39.1 Å². The van der Waals surface area contributed by atoms with Crippen LogP contribution in [0.5, 0.6) is 0 Å². The average Bonchev–Trinajstić information content (AvgIpc) is 3.10. The maximum absolute atomic E-state index is 13.8. The van der Waals surface area contributed by atoms with Crippen molar-refractivity contribution in [1.82, 2.24) is 9.13 Å². The molecule has 0 spiro atoms. The van der Waals surface area contributed by atoms with Gasteiger partial charge in [-0.3, -0.25) is 18.7 Å². The maximum atomic E-state index is 13.8. The third kappa shape index (κ3) is 3.07. The first kappa shape index (κ1) is 22.5. The summed E-state index contributed by atoms with van der Waals surface area (Å²) < 4.78 is 8.62. The number of imide groups is 1. The summed E-state index contributed by atoms with van der Waals surface area (Å²) in [6.07, 6.45) is 2.14. The Morgan fingerprint density at radius 2 is 1.47 bits per heavy atom. The van der Waals surface area contributed by atoms with Crippen LogP contribution >= 0.6 is 0 Å². The molecule has 2 amide bonds. The topological polar surface area (TPSA) is 76.8 Å². The molecule has 36 heavy (non-hydrogen) atoms. The van der Waals surface area contributed by atoms with Crippen LogP contribution in [-0.4, -0.2) is 47.3 Å². The van der Waals surface area contributed by atoms with Crippen molar-refractivity contribution in [3.8, 4) is 0 Å². The van der Waals surface area contributed by atoms with E-state index in [-0.39, 0.29) is 23.6 Å². The first-order chi connectivity index (χ1) is 17.3. The molecule has 3 aromatic carbocycles. The number of piperidine rings is 1. The third-order valence-corrected chi connectivity index (χ3v) is 7.83. The molecular formula is C28H28N4O4. The normalized spacial score (nSPS) is 16.6. The molecule has 1 fully saturated rings. The summed E-state index contributed by atoms with van der Waals surface area (Å²) in [5, 5.41) is 1.63. The highest BCUT2D eigenvalue weighted by Crippen LogP contribution is 2.39. The molecule has 0 bridgehead atoms. The van der Waals surface area contributed by atoms with Gasteiger partial charge in [0.1, 0.15) is 0 Å². The summed E-state index contributed by atoms with van der Waals surface area (Å²) >= 11 is 0. The lowest BCUT2D eigenvalue weighted by Gasteiger charge is -2.35. The van der Waals surface area contributed by atoms with E-state index in [1.165, 1.54) is 9.47 Å². The Balaban J connectivity index is 1.48. The first-order valence-corrected chi connectivity index (χ1v) is 12.2. The molecule has 6 rings (SSSR count). The second kappa shape index (κ2) is 8.06. The Hall–Kier alpha value is -3.91. The minimum Gasteiger partial charge on any atom is -0.381 e. The highest BCUT2D eigenvalue weighted by molar-refractivity contribution is 6.36. The number of anilines is 2. The van der Waals surface area contributed by atoms with Gasteiger partial charge in [-0.05, 0) is 55.7 Å². The van der Waals surface area contributed by atoms with Gasteiger partial charge >= 0.3 is 5.69 Å². The van der Waals surface area contributed by atoms with Crippen LogP contribution in [0.4, 0.5) is 11.4 Å². The number of rotatable bonds is 3. The highest BCUT2D eigenvalue weighted by atomic mass is 16.5. The van der Waals surface area contributed by atoms with Crippen LogP contribution < -0.4 is 15.5 Å². The number of carbonyl (C=O) groups excluding carboxylic acids is 2. The van der Waals surface area contributed by atoms with Crippen LogP contribution in [0.2, 0.25) is 0 Å². The van der Waals surface area contributed by atoms with Crippen molar-refractivity contribution >= 4 is 45.0 Å². The van der Waals surface area contributed by atoms with E-state index in [0.717, 1.165) is 48.1 Å². The molecule has 4 aromatic rings.